The van der Waals surface area contributed by atoms with Gasteiger partial charge in [0.15, 0.2) is 5.76 Å². The molecule has 6 nitrogen and oxygen atoms in total. The molecule has 1 aliphatic heterocycles. The van der Waals surface area contributed by atoms with Crippen LogP contribution < -0.4 is 5.32 Å². The second kappa shape index (κ2) is 9.46. The maximum absolute atomic E-state index is 13.3. The Morgan fingerprint density at radius 2 is 1.70 bits per heavy atom. The monoisotopic (exact) mass is 440 g/mol. The molecule has 0 radical (unpaired) electrons. The first-order valence-electron chi connectivity index (χ1n) is 11.5. The third-order valence-electron chi connectivity index (χ3n) is 6.11. The number of hydrogen-bond donors (Lipinski definition) is 1. The van der Waals surface area contributed by atoms with Gasteiger partial charge in [-0.05, 0) is 49.6 Å². The molecule has 33 heavy (non-hydrogen) atoms. The van der Waals surface area contributed by atoms with E-state index in [1.165, 1.54) is 5.56 Å². The van der Waals surface area contributed by atoms with Gasteiger partial charge in [0.1, 0.15) is 17.1 Å². The zero-order valence-corrected chi connectivity index (χ0v) is 18.8. The summed E-state index contributed by atoms with van der Waals surface area (Å²) < 4.78 is 7.45. The second-order valence-corrected chi connectivity index (χ2v) is 8.58. The lowest BCUT2D eigenvalue weighted by molar-refractivity contribution is 0.0901. The van der Waals surface area contributed by atoms with Crippen LogP contribution in [0.15, 0.2) is 83.3 Å². The Balaban J connectivity index is 1.29. The number of likely N-dealkylation sites (tertiary alicyclic amines) is 1. The normalized spacial score (nSPS) is 14.9. The van der Waals surface area contributed by atoms with Crippen LogP contribution in [0.5, 0.6) is 0 Å². The Morgan fingerprint density at radius 1 is 1.00 bits per heavy atom. The van der Waals surface area contributed by atoms with Crippen LogP contribution in [0.2, 0.25) is 0 Å². The molecule has 1 amide bonds. The molecule has 1 N–H and O–H groups in total. The quantitative estimate of drug-likeness (QED) is 0.466. The number of amides is 1. The van der Waals surface area contributed by atoms with Crippen molar-refractivity contribution in [2.45, 2.75) is 32.4 Å². The van der Waals surface area contributed by atoms with Gasteiger partial charge in [-0.15, -0.1) is 0 Å². The van der Waals surface area contributed by atoms with Gasteiger partial charge in [0, 0.05) is 31.7 Å². The van der Waals surface area contributed by atoms with Crippen LogP contribution in [-0.2, 0) is 6.54 Å². The van der Waals surface area contributed by atoms with E-state index < -0.39 is 0 Å². The van der Waals surface area contributed by atoms with Crippen molar-refractivity contribution in [3.8, 4) is 17.1 Å². The Hall–Kier alpha value is -3.64. The van der Waals surface area contributed by atoms with Gasteiger partial charge in [-0.1, -0.05) is 48.5 Å². The number of hydrogen-bond acceptors (Lipinski definition) is 4. The molecule has 1 fully saturated rings. The van der Waals surface area contributed by atoms with Gasteiger partial charge in [0.05, 0.1) is 5.69 Å². The largest absolute Gasteiger partial charge is 0.460 e. The minimum atomic E-state index is -0.109. The van der Waals surface area contributed by atoms with Crippen LogP contribution in [0.4, 0.5) is 0 Å². The van der Waals surface area contributed by atoms with Gasteiger partial charge in [-0.25, -0.2) is 4.68 Å². The molecule has 168 valence electrons. The van der Waals surface area contributed by atoms with E-state index in [-0.39, 0.29) is 11.9 Å². The van der Waals surface area contributed by atoms with Crippen molar-refractivity contribution < 1.29 is 9.21 Å². The zero-order valence-electron chi connectivity index (χ0n) is 18.8. The molecule has 0 saturated carbocycles. The molecule has 0 bridgehead atoms. The van der Waals surface area contributed by atoms with E-state index >= 15 is 0 Å². The molecular weight excluding hydrogens is 412 g/mol. The van der Waals surface area contributed by atoms with E-state index in [4.69, 9.17) is 9.52 Å². The molecule has 3 heterocycles. The van der Waals surface area contributed by atoms with Gasteiger partial charge in [-0.3, -0.25) is 9.69 Å². The summed E-state index contributed by atoms with van der Waals surface area (Å²) >= 11 is 0. The molecule has 0 spiro atoms. The third kappa shape index (κ3) is 4.91. The lowest BCUT2D eigenvalue weighted by Gasteiger charge is -2.32. The number of carbonyl (C=O) groups excluding carboxylic acids is 1. The minimum Gasteiger partial charge on any atom is -0.460 e. The van der Waals surface area contributed by atoms with Crippen molar-refractivity contribution in [2.75, 3.05) is 13.1 Å². The highest BCUT2D eigenvalue weighted by Gasteiger charge is 2.24. The number of para-hydroxylation sites is 1. The third-order valence-corrected chi connectivity index (χ3v) is 6.11. The van der Waals surface area contributed by atoms with Crippen LogP contribution in [0.25, 0.3) is 17.1 Å². The zero-order chi connectivity index (χ0) is 22.6. The lowest BCUT2D eigenvalue weighted by atomic mass is 10.0. The highest BCUT2D eigenvalue weighted by Crippen LogP contribution is 2.24. The summed E-state index contributed by atoms with van der Waals surface area (Å²) in [5.41, 5.74) is 3.33. The van der Waals surface area contributed by atoms with Crippen molar-refractivity contribution >= 4 is 5.91 Å². The number of aryl methyl sites for hydroxylation is 1. The summed E-state index contributed by atoms with van der Waals surface area (Å²) in [6.07, 6.45) is 1.87. The predicted molar refractivity (Wildman–Crippen MR) is 128 cm³/mol. The molecule has 0 aliphatic carbocycles. The number of rotatable bonds is 6. The summed E-state index contributed by atoms with van der Waals surface area (Å²) in [7, 11) is 0. The fraction of sp³-hybridized carbons (Fsp3) is 0.259. The van der Waals surface area contributed by atoms with Gasteiger partial charge in [-0.2, -0.15) is 5.10 Å². The smallest absolute Gasteiger partial charge is 0.270 e. The minimum absolute atomic E-state index is 0.109. The van der Waals surface area contributed by atoms with Gasteiger partial charge < -0.3 is 9.73 Å². The first-order valence-corrected chi connectivity index (χ1v) is 11.5. The maximum atomic E-state index is 13.3. The van der Waals surface area contributed by atoms with E-state index in [9.17, 15) is 4.79 Å². The van der Waals surface area contributed by atoms with Crippen LogP contribution >= 0.6 is 0 Å². The Labute approximate surface area is 193 Å². The standard InChI is InChI=1S/C27H28N4O2/c1-20-12-13-26(33-20)24-18-25(31(29-24)23-10-6-3-7-11-23)27(32)28-22-14-16-30(17-15-22)19-21-8-4-2-5-9-21/h2-13,18,22H,14-17,19H2,1H3,(H,28,32). The predicted octanol–water partition coefficient (Wildman–Crippen LogP) is 4.84. The summed E-state index contributed by atoms with van der Waals surface area (Å²) in [5, 5.41) is 7.93. The molecule has 5 rings (SSSR count). The first kappa shape index (κ1) is 21.2. The summed E-state index contributed by atoms with van der Waals surface area (Å²) in [6, 6.07) is 26.0. The molecule has 0 atom stereocenters. The summed E-state index contributed by atoms with van der Waals surface area (Å²) in [6.45, 7) is 4.78. The van der Waals surface area contributed by atoms with Crippen LogP contribution in [0, 0.1) is 6.92 Å². The van der Waals surface area contributed by atoms with Gasteiger partial charge in [0.25, 0.3) is 5.91 Å². The van der Waals surface area contributed by atoms with Crippen molar-refractivity contribution in [3.63, 3.8) is 0 Å². The number of carbonyl (C=O) groups is 1. The van der Waals surface area contributed by atoms with E-state index in [2.05, 4.69) is 34.5 Å². The Morgan fingerprint density at radius 3 is 2.36 bits per heavy atom. The van der Waals surface area contributed by atoms with E-state index in [1.807, 2.05) is 61.5 Å². The van der Waals surface area contributed by atoms with E-state index in [1.54, 1.807) is 4.68 Å². The highest BCUT2D eigenvalue weighted by molar-refractivity contribution is 5.94. The average Bonchev–Trinajstić information content (AvgIpc) is 3.48. The number of furan rings is 1. The Bertz CT molecular complexity index is 1210. The SMILES string of the molecule is Cc1ccc(-c2cc(C(=O)NC3CCN(Cc4ccccc4)CC3)n(-c3ccccc3)n2)o1. The number of nitrogens with one attached hydrogen (secondary N) is 1. The fourth-order valence-corrected chi connectivity index (χ4v) is 4.34. The van der Waals surface area contributed by atoms with Crippen LogP contribution in [0.1, 0.15) is 34.7 Å². The second-order valence-electron chi connectivity index (χ2n) is 8.58. The molecule has 2 aromatic heterocycles. The molecule has 1 saturated heterocycles. The van der Waals surface area contributed by atoms with Crippen molar-refractivity contribution in [1.29, 1.82) is 0 Å². The highest BCUT2D eigenvalue weighted by atomic mass is 16.3. The van der Waals surface area contributed by atoms with Crippen molar-refractivity contribution in [3.05, 3.63) is 95.9 Å². The summed E-state index contributed by atoms with van der Waals surface area (Å²) in [5.74, 6) is 1.36. The molecule has 1 aliphatic rings. The summed E-state index contributed by atoms with van der Waals surface area (Å²) in [4.78, 5) is 15.8. The molecule has 4 aromatic rings. The fourth-order valence-electron chi connectivity index (χ4n) is 4.34. The molecule has 2 aromatic carbocycles. The number of nitrogens with zero attached hydrogens (tertiary/aromatic N) is 3. The number of aromatic nitrogens is 2. The van der Waals surface area contributed by atoms with Crippen LogP contribution in [0.3, 0.4) is 0 Å². The topological polar surface area (TPSA) is 63.3 Å². The number of benzene rings is 2. The van der Waals surface area contributed by atoms with Crippen molar-refractivity contribution in [2.24, 2.45) is 0 Å². The number of piperidine rings is 1. The van der Waals surface area contributed by atoms with Gasteiger partial charge in [0.2, 0.25) is 0 Å². The molecular formula is C27H28N4O2. The lowest BCUT2D eigenvalue weighted by Crippen LogP contribution is -2.44. The maximum Gasteiger partial charge on any atom is 0.270 e. The molecule has 6 heteroatoms. The van der Waals surface area contributed by atoms with Crippen molar-refractivity contribution in [1.82, 2.24) is 20.0 Å². The van der Waals surface area contributed by atoms with E-state index in [0.717, 1.165) is 43.9 Å². The van der Waals surface area contributed by atoms with Gasteiger partial charge >= 0.3 is 0 Å². The molecule has 0 unspecified atom stereocenters. The van der Waals surface area contributed by atoms with E-state index in [0.29, 0.717) is 17.1 Å². The first-order chi connectivity index (χ1) is 16.2. The van der Waals surface area contributed by atoms with Crippen LogP contribution in [-0.4, -0.2) is 39.7 Å². The average molecular weight is 441 g/mol. The Kier molecular flexibility index (Phi) is 6.09.